The highest BCUT2D eigenvalue weighted by atomic mass is 35.5. The number of alkyl halides is 2. The fraction of sp³-hybridized carbons (Fsp3) is 1.00. The van der Waals surface area contributed by atoms with E-state index < -0.39 is 8.03 Å². The maximum atomic E-state index is 10.8. The monoisotopic (exact) mass is 203 g/mol. The van der Waals surface area contributed by atoms with Gasteiger partial charge in [-0.2, -0.15) is 0 Å². The molecule has 0 saturated heterocycles. The molecule has 0 aliphatic heterocycles. The fourth-order valence-electron chi connectivity index (χ4n) is 0.390. The molecule has 0 amide bonds. The van der Waals surface area contributed by atoms with Crippen molar-refractivity contribution in [3.8, 4) is 0 Å². The van der Waals surface area contributed by atoms with Gasteiger partial charge in [0.05, 0.1) is 5.88 Å². The highest BCUT2D eigenvalue weighted by Crippen LogP contribution is 2.22. The molecule has 0 aliphatic rings. The van der Waals surface area contributed by atoms with Crippen molar-refractivity contribution in [2.24, 2.45) is 0 Å². The van der Waals surface area contributed by atoms with Crippen molar-refractivity contribution in [2.45, 2.75) is 6.42 Å². The lowest BCUT2D eigenvalue weighted by molar-refractivity contribution is 0.352. The molecule has 1 atom stereocenters. The van der Waals surface area contributed by atoms with E-state index in [1.54, 1.807) is 0 Å². The van der Waals surface area contributed by atoms with Crippen LogP contribution in [0.2, 0.25) is 0 Å². The topological polar surface area (TPSA) is 26.3 Å². The summed E-state index contributed by atoms with van der Waals surface area (Å²) in [5.74, 6) is 0.924. The zero-order chi connectivity index (χ0) is 7.82. The van der Waals surface area contributed by atoms with Gasteiger partial charge in [-0.3, -0.25) is 0 Å². The molecule has 0 aromatic heterocycles. The van der Waals surface area contributed by atoms with Crippen molar-refractivity contribution in [2.75, 3.05) is 24.5 Å². The van der Waals surface area contributed by atoms with Gasteiger partial charge < -0.3 is 0 Å². The lowest BCUT2D eigenvalue weighted by atomic mass is 10.6. The highest BCUT2D eigenvalue weighted by Gasteiger charge is 2.14. The Bertz CT molecular complexity index is 89.6. The SMILES string of the molecule is O=[P+](CCCCl)OCCCl. The van der Waals surface area contributed by atoms with Crippen LogP contribution in [0, 0.1) is 0 Å². The van der Waals surface area contributed by atoms with Gasteiger partial charge >= 0.3 is 8.03 Å². The Labute approximate surface area is 71.7 Å². The normalized spacial score (nSPS) is 11.6. The van der Waals surface area contributed by atoms with Gasteiger partial charge in [0, 0.05) is 12.3 Å². The van der Waals surface area contributed by atoms with Crippen LogP contribution in [-0.4, -0.2) is 24.5 Å². The van der Waals surface area contributed by atoms with Crippen molar-refractivity contribution in [3.05, 3.63) is 0 Å². The van der Waals surface area contributed by atoms with E-state index in [0.29, 0.717) is 24.5 Å². The molecule has 0 heterocycles. The lowest BCUT2D eigenvalue weighted by Gasteiger charge is -1.84. The predicted octanol–water partition coefficient (Wildman–Crippen LogP) is 2.61. The first kappa shape index (κ1) is 10.6. The van der Waals surface area contributed by atoms with Gasteiger partial charge in [-0.05, 0) is 4.57 Å². The second-order valence-corrected chi connectivity index (χ2v) is 3.75. The number of hydrogen-bond acceptors (Lipinski definition) is 2. The summed E-state index contributed by atoms with van der Waals surface area (Å²) >= 11 is 10.7. The zero-order valence-corrected chi connectivity index (χ0v) is 7.96. The Morgan fingerprint density at radius 2 is 2.00 bits per heavy atom. The van der Waals surface area contributed by atoms with Crippen LogP contribution in [0.15, 0.2) is 0 Å². The molecule has 2 nitrogen and oxygen atoms in total. The summed E-state index contributed by atoms with van der Waals surface area (Å²) in [5, 5.41) is 0. The molecule has 0 radical (unpaired) electrons. The summed E-state index contributed by atoms with van der Waals surface area (Å²) in [6.07, 6.45) is 1.27. The molecule has 0 bridgehead atoms. The van der Waals surface area contributed by atoms with Gasteiger partial charge in [-0.15, -0.1) is 27.7 Å². The van der Waals surface area contributed by atoms with E-state index in [2.05, 4.69) is 0 Å². The van der Waals surface area contributed by atoms with Crippen molar-refractivity contribution in [1.82, 2.24) is 0 Å². The third-order valence-electron chi connectivity index (χ3n) is 0.787. The average molecular weight is 204 g/mol. The predicted molar refractivity (Wildman–Crippen MR) is 44.5 cm³/mol. The number of halogens is 2. The van der Waals surface area contributed by atoms with E-state index in [9.17, 15) is 4.57 Å². The Morgan fingerprint density at radius 1 is 1.30 bits per heavy atom. The first-order valence-electron chi connectivity index (χ1n) is 3.00. The molecule has 0 rings (SSSR count). The quantitative estimate of drug-likeness (QED) is 0.491. The summed E-state index contributed by atoms with van der Waals surface area (Å²) < 4.78 is 15.6. The van der Waals surface area contributed by atoms with Gasteiger partial charge in [-0.1, -0.05) is 0 Å². The Kier molecular flexibility index (Phi) is 8.24. The van der Waals surface area contributed by atoms with Crippen molar-refractivity contribution >= 4 is 31.2 Å². The second-order valence-electron chi connectivity index (χ2n) is 1.62. The molecular weight excluding hydrogens is 194 g/mol. The van der Waals surface area contributed by atoms with E-state index in [4.69, 9.17) is 27.7 Å². The molecule has 5 heteroatoms. The third kappa shape index (κ3) is 6.76. The molecule has 0 aromatic carbocycles. The Hall–Kier alpha value is 0.640. The van der Waals surface area contributed by atoms with E-state index in [1.807, 2.05) is 0 Å². The molecular formula is C5H10Cl2O2P+. The van der Waals surface area contributed by atoms with Gasteiger partial charge in [0.1, 0.15) is 6.61 Å². The summed E-state index contributed by atoms with van der Waals surface area (Å²) in [5.41, 5.74) is 0. The van der Waals surface area contributed by atoms with Gasteiger partial charge in [0.25, 0.3) is 0 Å². The van der Waals surface area contributed by atoms with Crippen LogP contribution >= 0.6 is 31.2 Å². The molecule has 0 aliphatic carbocycles. The van der Waals surface area contributed by atoms with Crippen LogP contribution in [0.4, 0.5) is 0 Å². The molecule has 0 aromatic rings. The molecule has 0 N–H and O–H groups in total. The lowest BCUT2D eigenvalue weighted by Crippen LogP contribution is -1.89. The van der Waals surface area contributed by atoms with Crippen LogP contribution in [0.25, 0.3) is 0 Å². The second kappa shape index (κ2) is 7.74. The van der Waals surface area contributed by atoms with Crippen LogP contribution in [0.3, 0.4) is 0 Å². The maximum Gasteiger partial charge on any atom is 0.508 e. The number of hydrogen-bond donors (Lipinski definition) is 0. The minimum atomic E-state index is -1.51. The van der Waals surface area contributed by atoms with E-state index in [-0.39, 0.29) is 0 Å². The third-order valence-corrected chi connectivity index (χ3v) is 2.36. The van der Waals surface area contributed by atoms with E-state index >= 15 is 0 Å². The Morgan fingerprint density at radius 3 is 2.50 bits per heavy atom. The highest BCUT2D eigenvalue weighted by molar-refractivity contribution is 7.39. The largest absolute Gasteiger partial charge is 0.508 e. The van der Waals surface area contributed by atoms with Crippen molar-refractivity contribution in [1.29, 1.82) is 0 Å². The number of rotatable bonds is 6. The van der Waals surface area contributed by atoms with Crippen LogP contribution in [0.5, 0.6) is 0 Å². The Balaban J connectivity index is 3.09. The molecule has 1 unspecified atom stereocenters. The first-order chi connectivity index (χ1) is 4.81. The summed E-state index contributed by atoms with van der Waals surface area (Å²) in [4.78, 5) is 0. The minimum absolute atomic E-state index is 0.360. The van der Waals surface area contributed by atoms with E-state index in [1.165, 1.54) is 0 Å². The summed E-state index contributed by atoms with van der Waals surface area (Å²) in [6.45, 7) is 0.360. The summed E-state index contributed by atoms with van der Waals surface area (Å²) in [6, 6.07) is 0. The zero-order valence-electron chi connectivity index (χ0n) is 5.56. The smallest absolute Gasteiger partial charge is 0.145 e. The van der Waals surface area contributed by atoms with Gasteiger partial charge in [-0.25, -0.2) is 0 Å². The van der Waals surface area contributed by atoms with Crippen molar-refractivity contribution in [3.63, 3.8) is 0 Å². The first-order valence-corrected chi connectivity index (χ1v) is 5.44. The minimum Gasteiger partial charge on any atom is -0.145 e. The molecule has 0 saturated carbocycles. The molecule has 60 valence electrons. The van der Waals surface area contributed by atoms with Gasteiger partial charge in [0.2, 0.25) is 0 Å². The van der Waals surface area contributed by atoms with Gasteiger partial charge in [0.15, 0.2) is 6.16 Å². The maximum absolute atomic E-state index is 10.8. The molecule has 0 fully saturated rings. The van der Waals surface area contributed by atoms with Crippen LogP contribution in [0.1, 0.15) is 6.42 Å². The fourth-order valence-corrected chi connectivity index (χ4v) is 1.73. The standard InChI is InChI=1S/C5H10Cl2O2P/c6-2-1-5-10(8)9-4-3-7/h1-5H2/q+1. The van der Waals surface area contributed by atoms with Crippen LogP contribution in [-0.2, 0) is 9.09 Å². The summed E-state index contributed by atoms with van der Waals surface area (Å²) in [7, 11) is -1.51. The van der Waals surface area contributed by atoms with Crippen LogP contribution < -0.4 is 0 Å². The molecule has 0 spiro atoms. The average Bonchev–Trinajstić information content (AvgIpc) is 1.97. The van der Waals surface area contributed by atoms with Crippen molar-refractivity contribution < 1.29 is 9.09 Å². The van der Waals surface area contributed by atoms with E-state index in [0.717, 1.165) is 6.42 Å². The molecule has 10 heavy (non-hydrogen) atoms.